The summed E-state index contributed by atoms with van der Waals surface area (Å²) >= 11 is 6.33. The summed E-state index contributed by atoms with van der Waals surface area (Å²) in [5.74, 6) is 0.00298. The van der Waals surface area contributed by atoms with Gasteiger partial charge in [0, 0.05) is 5.56 Å². The molecule has 0 bridgehead atoms. The molecule has 0 aliphatic rings. The first-order valence-electron chi connectivity index (χ1n) is 9.89. The van der Waals surface area contributed by atoms with Crippen LogP contribution in [0, 0.1) is 6.92 Å². The van der Waals surface area contributed by atoms with Crippen LogP contribution in [0.5, 0.6) is 11.5 Å². The summed E-state index contributed by atoms with van der Waals surface area (Å²) in [5, 5.41) is 6.12. The zero-order chi connectivity index (χ0) is 24.6. The largest absolute Gasteiger partial charge is 0.497 e. The van der Waals surface area contributed by atoms with E-state index in [9.17, 15) is 18.0 Å². The molecule has 4 aromatic rings. The molecule has 34 heavy (non-hydrogen) atoms. The monoisotopic (exact) mass is 490 g/mol. The molecule has 4 rings (SSSR count). The Labute approximate surface area is 197 Å². The Bertz CT molecular complexity index is 1400. The van der Waals surface area contributed by atoms with Crippen LogP contribution in [0.1, 0.15) is 21.7 Å². The minimum atomic E-state index is -4.79. The Morgan fingerprint density at radius 3 is 2.53 bits per heavy atom. The number of rotatable bonds is 5. The van der Waals surface area contributed by atoms with Crippen LogP contribution in [-0.2, 0) is 6.18 Å². The van der Waals surface area contributed by atoms with Crippen molar-refractivity contribution < 1.29 is 27.4 Å². The molecule has 7 nitrogen and oxygen atoms in total. The summed E-state index contributed by atoms with van der Waals surface area (Å²) in [6, 6.07) is 12.3. The molecule has 0 atom stereocenters. The molecular formula is C23H18ClF3N4O3. The lowest BCUT2D eigenvalue weighted by Gasteiger charge is -2.11. The Morgan fingerprint density at radius 1 is 1.09 bits per heavy atom. The lowest BCUT2D eigenvalue weighted by molar-refractivity contribution is -0.142. The van der Waals surface area contributed by atoms with Crippen LogP contribution in [0.15, 0.2) is 48.5 Å². The van der Waals surface area contributed by atoms with Crippen LogP contribution in [0.2, 0.25) is 5.02 Å². The van der Waals surface area contributed by atoms with Crippen LogP contribution in [-0.4, -0.2) is 34.7 Å². The number of methoxy groups -OCH3 is 2. The molecule has 2 aromatic carbocycles. The van der Waals surface area contributed by atoms with E-state index in [2.05, 4.69) is 15.4 Å². The highest BCUT2D eigenvalue weighted by atomic mass is 35.5. The Hall–Kier alpha value is -3.79. The Kier molecular flexibility index (Phi) is 6.09. The fourth-order valence-corrected chi connectivity index (χ4v) is 3.62. The number of nitrogens with one attached hydrogen (secondary N) is 1. The lowest BCUT2D eigenvalue weighted by Crippen LogP contribution is -2.16. The van der Waals surface area contributed by atoms with Crippen molar-refractivity contribution in [3.05, 3.63) is 70.5 Å². The first-order chi connectivity index (χ1) is 16.1. The molecule has 0 saturated carbocycles. The van der Waals surface area contributed by atoms with Crippen molar-refractivity contribution in [1.82, 2.24) is 14.6 Å². The van der Waals surface area contributed by atoms with E-state index >= 15 is 0 Å². The van der Waals surface area contributed by atoms with Gasteiger partial charge in [-0.1, -0.05) is 29.8 Å². The van der Waals surface area contributed by atoms with Gasteiger partial charge in [0.1, 0.15) is 16.5 Å². The van der Waals surface area contributed by atoms with E-state index in [4.69, 9.17) is 21.1 Å². The van der Waals surface area contributed by atoms with Crippen molar-refractivity contribution in [2.45, 2.75) is 13.1 Å². The predicted octanol–water partition coefficient (Wildman–Crippen LogP) is 5.65. The molecule has 0 radical (unpaired) electrons. The second kappa shape index (κ2) is 8.86. The highest BCUT2D eigenvalue weighted by Crippen LogP contribution is 2.35. The van der Waals surface area contributed by atoms with E-state index in [-0.39, 0.29) is 16.4 Å². The Morgan fingerprint density at radius 2 is 1.85 bits per heavy atom. The maximum Gasteiger partial charge on any atom is 0.433 e. The number of benzene rings is 2. The number of halogens is 4. The van der Waals surface area contributed by atoms with Crippen LogP contribution in [0.25, 0.3) is 16.9 Å². The van der Waals surface area contributed by atoms with Crippen molar-refractivity contribution >= 4 is 28.8 Å². The molecule has 0 saturated heterocycles. The van der Waals surface area contributed by atoms with Crippen molar-refractivity contribution in [3.8, 4) is 22.8 Å². The second-order valence-electron chi connectivity index (χ2n) is 7.31. The van der Waals surface area contributed by atoms with E-state index in [1.807, 2.05) is 6.92 Å². The molecule has 0 fully saturated rings. The molecular weight excluding hydrogens is 473 g/mol. The number of aryl methyl sites for hydroxylation is 1. The molecule has 176 valence electrons. The number of nitrogens with zero attached hydrogens (tertiary/aromatic N) is 3. The average Bonchev–Trinajstić information content (AvgIpc) is 3.14. The SMILES string of the molecule is COc1cccc(-c2cc(C(F)(F)F)n3nc(C(=O)Nc4cc(C)ccc4OC)c(Cl)c3n2)c1. The number of amides is 1. The number of fused-ring (bicyclic) bond motifs is 1. The van der Waals surface area contributed by atoms with Gasteiger partial charge in [-0.25, -0.2) is 9.50 Å². The van der Waals surface area contributed by atoms with E-state index in [0.29, 0.717) is 27.3 Å². The number of hydrogen-bond donors (Lipinski definition) is 1. The topological polar surface area (TPSA) is 77.8 Å². The first-order valence-corrected chi connectivity index (χ1v) is 10.3. The first kappa shape index (κ1) is 23.4. The normalized spacial score (nSPS) is 11.5. The van der Waals surface area contributed by atoms with Gasteiger partial charge in [-0.3, -0.25) is 4.79 Å². The number of hydrogen-bond acceptors (Lipinski definition) is 5. The van der Waals surface area contributed by atoms with Gasteiger partial charge >= 0.3 is 6.18 Å². The summed E-state index contributed by atoms with van der Waals surface area (Å²) < 4.78 is 52.7. The second-order valence-corrected chi connectivity index (χ2v) is 7.69. The number of carbonyl (C=O) groups is 1. The zero-order valence-corrected chi connectivity index (χ0v) is 19.0. The van der Waals surface area contributed by atoms with Crippen molar-refractivity contribution in [2.75, 3.05) is 19.5 Å². The highest BCUT2D eigenvalue weighted by Gasteiger charge is 2.37. The van der Waals surface area contributed by atoms with Gasteiger partial charge in [-0.05, 0) is 42.8 Å². The van der Waals surface area contributed by atoms with E-state index in [1.54, 1.807) is 42.5 Å². The summed E-state index contributed by atoms with van der Waals surface area (Å²) in [7, 11) is 2.87. The fourth-order valence-electron chi connectivity index (χ4n) is 3.37. The van der Waals surface area contributed by atoms with E-state index < -0.39 is 23.5 Å². The third kappa shape index (κ3) is 4.36. The number of anilines is 1. The number of ether oxygens (including phenoxy) is 2. The van der Waals surface area contributed by atoms with Gasteiger partial charge in [-0.2, -0.15) is 18.3 Å². The maximum absolute atomic E-state index is 13.9. The number of aromatic nitrogens is 3. The van der Waals surface area contributed by atoms with Crippen LogP contribution in [0.3, 0.4) is 0 Å². The van der Waals surface area contributed by atoms with Gasteiger partial charge in [-0.15, -0.1) is 0 Å². The van der Waals surface area contributed by atoms with Crippen molar-refractivity contribution in [3.63, 3.8) is 0 Å². The number of carbonyl (C=O) groups excluding carboxylic acids is 1. The fraction of sp³-hybridized carbons (Fsp3) is 0.174. The van der Waals surface area contributed by atoms with Gasteiger partial charge in [0.05, 0.1) is 25.6 Å². The highest BCUT2D eigenvalue weighted by molar-refractivity contribution is 6.37. The summed E-state index contributed by atoms with van der Waals surface area (Å²) in [4.78, 5) is 17.2. The summed E-state index contributed by atoms with van der Waals surface area (Å²) in [6.45, 7) is 1.81. The molecule has 11 heteroatoms. The van der Waals surface area contributed by atoms with E-state index in [0.717, 1.165) is 11.6 Å². The molecule has 0 aliphatic heterocycles. The van der Waals surface area contributed by atoms with Crippen molar-refractivity contribution in [1.29, 1.82) is 0 Å². The molecule has 1 amide bonds. The standard InChI is InChI=1S/C23H18ClF3N4O3/c1-12-7-8-17(34-3)16(9-12)29-22(32)20-19(24)21-28-15(13-5-4-6-14(10-13)33-2)11-18(23(25,26)27)31(21)30-20/h4-11H,1-3H3,(H,29,32). The van der Waals surface area contributed by atoms with Gasteiger partial charge in [0.2, 0.25) is 0 Å². The minimum Gasteiger partial charge on any atom is -0.497 e. The van der Waals surface area contributed by atoms with E-state index in [1.165, 1.54) is 14.2 Å². The zero-order valence-electron chi connectivity index (χ0n) is 18.2. The molecule has 2 aromatic heterocycles. The maximum atomic E-state index is 13.9. The quantitative estimate of drug-likeness (QED) is 0.391. The molecule has 1 N–H and O–H groups in total. The third-order valence-corrected chi connectivity index (χ3v) is 5.36. The predicted molar refractivity (Wildman–Crippen MR) is 121 cm³/mol. The molecule has 0 unspecified atom stereocenters. The van der Waals surface area contributed by atoms with Gasteiger partial charge < -0.3 is 14.8 Å². The number of alkyl halides is 3. The summed E-state index contributed by atoms with van der Waals surface area (Å²) in [6.07, 6.45) is -4.79. The van der Waals surface area contributed by atoms with Crippen LogP contribution >= 0.6 is 11.6 Å². The molecule has 0 spiro atoms. The average molecular weight is 491 g/mol. The smallest absolute Gasteiger partial charge is 0.433 e. The molecule has 0 aliphatic carbocycles. The third-order valence-electron chi connectivity index (χ3n) is 5.01. The van der Waals surface area contributed by atoms with Crippen LogP contribution in [0.4, 0.5) is 18.9 Å². The molecule has 2 heterocycles. The van der Waals surface area contributed by atoms with Crippen molar-refractivity contribution in [2.24, 2.45) is 0 Å². The lowest BCUT2D eigenvalue weighted by atomic mass is 10.1. The minimum absolute atomic E-state index is 0.00663. The Balaban J connectivity index is 1.85. The van der Waals surface area contributed by atoms with Crippen LogP contribution < -0.4 is 14.8 Å². The summed E-state index contributed by atoms with van der Waals surface area (Å²) in [5.41, 5.74) is -0.332. The van der Waals surface area contributed by atoms with Gasteiger partial charge in [0.15, 0.2) is 17.0 Å². The van der Waals surface area contributed by atoms with Gasteiger partial charge in [0.25, 0.3) is 5.91 Å².